The van der Waals surface area contributed by atoms with Crippen LogP contribution in [0.25, 0.3) is 0 Å². The first-order valence-electron chi connectivity index (χ1n) is 6.61. The van der Waals surface area contributed by atoms with E-state index in [0.29, 0.717) is 24.1 Å². The first-order chi connectivity index (χ1) is 8.72. The molecule has 18 heavy (non-hydrogen) atoms. The molecule has 1 aliphatic rings. The fraction of sp³-hybridized carbons (Fsp3) is 0.833. The van der Waals surface area contributed by atoms with Crippen molar-refractivity contribution in [2.75, 3.05) is 26.3 Å². The lowest BCUT2D eigenvalue weighted by Crippen LogP contribution is -2.38. The monoisotopic (exact) mass is 273 g/mol. The maximum Gasteiger partial charge on any atom is 0.221 e. The number of hydrogen-bond acceptors (Lipinski definition) is 3. The summed E-state index contributed by atoms with van der Waals surface area (Å²) in [5, 5.41) is 9.63. The first kappa shape index (κ1) is 15.2. The molecule has 0 atom stereocenters. The van der Waals surface area contributed by atoms with E-state index in [4.69, 9.17) is 17.0 Å². The van der Waals surface area contributed by atoms with Crippen LogP contribution in [0, 0.1) is 0 Å². The third-order valence-electron chi connectivity index (χ3n) is 2.54. The summed E-state index contributed by atoms with van der Waals surface area (Å²) in [7, 11) is 0. The predicted molar refractivity (Wildman–Crippen MR) is 75.5 cm³/mol. The average molecular weight is 273 g/mol. The van der Waals surface area contributed by atoms with E-state index < -0.39 is 0 Å². The van der Waals surface area contributed by atoms with E-state index in [2.05, 4.69) is 16.0 Å². The Morgan fingerprint density at radius 2 is 2.06 bits per heavy atom. The Morgan fingerprint density at radius 3 is 2.72 bits per heavy atom. The summed E-state index contributed by atoms with van der Waals surface area (Å²) in [5.41, 5.74) is 0. The number of carbonyl (C=O) groups is 1. The van der Waals surface area contributed by atoms with Gasteiger partial charge >= 0.3 is 0 Å². The zero-order chi connectivity index (χ0) is 13.2. The molecule has 0 aromatic heterocycles. The van der Waals surface area contributed by atoms with E-state index >= 15 is 0 Å². The third-order valence-corrected chi connectivity index (χ3v) is 2.82. The van der Waals surface area contributed by atoms with Crippen molar-refractivity contribution in [3.05, 3.63) is 0 Å². The number of thiocarbonyl (C=S) groups is 1. The molecule has 1 fully saturated rings. The summed E-state index contributed by atoms with van der Waals surface area (Å²) in [6.07, 6.45) is 3.65. The Bertz CT molecular complexity index is 270. The van der Waals surface area contributed by atoms with E-state index in [0.717, 1.165) is 39.0 Å². The van der Waals surface area contributed by atoms with Crippen molar-refractivity contribution in [1.82, 2.24) is 16.0 Å². The molecule has 1 rings (SSSR count). The fourth-order valence-electron chi connectivity index (χ4n) is 1.40. The van der Waals surface area contributed by atoms with E-state index in [-0.39, 0.29) is 5.91 Å². The number of hydrogen-bond donors (Lipinski definition) is 3. The Kier molecular flexibility index (Phi) is 7.68. The van der Waals surface area contributed by atoms with Crippen LogP contribution in [-0.4, -0.2) is 43.4 Å². The van der Waals surface area contributed by atoms with E-state index in [1.54, 1.807) is 0 Å². The lowest BCUT2D eigenvalue weighted by Gasteiger charge is -2.10. The molecule has 0 heterocycles. The highest BCUT2D eigenvalue weighted by Crippen LogP contribution is 2.18. The Morgan fingerprint density at radius 1 is 1.33 bits per heavy atom. The van der Waals surface area contributed by atoms with Crippen molar-refractivity contribution in [1.29, 1.82) is 0 Å². The van der Waals surface area contributed by atoms with Gasteiger partial charge in [-0.3, -0.25) is 4.79 Å². The van der Waals surface area contributed by atoms with Gasteiger partial charge in [-0.25, -0.2) is 0 Å². The molecule has 6 heteroatoms. The molecule has 1 saturated carbocycles. The second-order valence-electron chi connectivity index (χ2n) is 4.32. The van der Waals surface area contributed by atoms with Crippen molar-refractivity contribution < 1.29 is 9.53 Å². The predicted octanol–water partition coefficient (Wildman–Crippen LogP) is 0.546. The first-order valence-corrected chi connectivity index (χ1v) is 7.02. The summed E-state index contributed by atoms with van der Waals surface area (Å²) < 4.78 is 5.21. The van der Waals surface area contributed by atoms with Crippen molar-refractivity contribution in [2.45, 2.75) is 38.6 Å². The van der Waals surface area contributed by atoms with Gasteiger partial charge in [-0.15, -0.1) is 0 Å². The lowest BCUT2D eigenvalue weighted by atomic mass is 10.4. The molecule has 3 N–H and O–H groups in total. The van der Waals surface area contributed by atoms with Gasteiger partial charge in [0.05, 0.1) is 0 Å². The molecule has 0 unspecified atom stereocenters. The van der Waals surface area contributed by atoms with Gasteiger partial charge in [0.2, 0.25) is 5.91 Å². The standard InChI is InChI=1S/C12H23N3O2S/c1-2-17-9-3-7-13-12(18)14-8-6-11(16)15-10-4-5-10/h10H,2-9H2,1H3,(H,15,16)(H2,13,14,18). The van der Waals surface area contributed by atoms with E-state index in [9.17, 15) is 4.79 Å². The molecule has 104 valence electrons. The van der Waals surface area contributed by atoms with Crippen LogP contribution in [0.15, 0.2) is 0 Å². The number of nitrogens with one attached hydrogen (secondary N) is 3. The summed E-state index contributed by atoms with van der Waals surface area (Å²) in [5.74, 6) is 0.101. The fourth-order valence-corrected chi connectivity index (χ4v) is 1.60. The molecule has 0 aliphatic heterocycles. The molecule has 1 aliphatic carbocycles. The zero-order valence-corrected chi connectivity index (χ0v) is 11.8. The van der Waals surface area contributed by atoms with Gasteiger partial charge < -0.3 is 20.7 Å². The number of rotatable bonds is 9. The van der Waals surface area contributed by atoms with Crippen LogP contribution in [0.2, 0.25) is 0 Å². The normalized spacial score (nSPS) is 14.1. The second-order valence-corrected chi connectivity index (χ2v) is 4.73. The molecule has 0 spiro atoms. The SMILES string of the molecule is CCOCCCNC(=S)NCCC(=O)NC1CC1. The van der Waals surface area contributed by atoms with Crippen LogP contribution in [0.3, 0.4) is 0 Å². The van der Waals surface area contributed by atoms with Crippen molar-refractivity contribution in [2.24, 2.45) is 0 Å². The van der Waals surface area contributed by atoms with Crippen molar-refractivity contribution in [3.8, 4) is 0 Å². The van der Waals surface area contributed by atoms with Crippen LogP contribution >= 0.6 is 12.2 Å². The largest absolute Gasteiger partial charge is 0.382 e. The number of ether oxygens (including phenoxy) is 1. The minimum absolute atomic E-state index is 0.101. The van der Waals surface area contributed by atoms with Gasteiger partial charge in [0.15, 0.2) is 5.11 Å². The quantitative estimate of drug-likeness (QED) is 0.423. The minimum Gasteiger partial charge on any atom is -0.382 e. The highest BCUT2D eigenvalue weighted by molar-refractivity contribution is 7.80. The van der Waals surface area contributed by atoms with Gasteiger partial charge in [-0.2, -0.15) is 0 Å². The molecular formula is C12H23N3O2S. The molecule has 0 aromatic rings. The molecular weight excluding hydrogens is 250 g/mol. The molecule has 1 amide bonds. The van der Waals surface area contributed by atoms with Crippen LogP contribution < -0.4 is 16.0 Å². The van der Waals surface area contributed by atoms with Crippen molar-refractivity contribution >= 4 is 23.2 Å². The van der Waals surface area contributed by atoms with Gasteiger partial charge in [-0.05, 0) is 38.4 Å². The topological polar surface area (TPSA) is 62.4 Å². The number of amides is 1. The maximum absolute atomic E-state index is 11.4. The van der Waals surface area contributed by atoms with Crippen LogP contribution in [0.1, 0.15) is 32.6 Å². The van der Waals surface area contributed by atoms with Crippen LogP contribution in [0.5, 0.6) is 0 Å². The molecule has 0 radical (unpaired) electrons. The summed E-state index contributed by atoms with van der Waals surface area (Å²) in [6, 6.07) is 0.432. The molecule has 0 bridgehead atoms. The van der Waals surface area contributed by atoms with Gasteiger partial charge in [0, 0.05) is 38.8 Å². The summed E-state index contributed by atoms with van der Waals surface area (Å²) >= 11 is 5.09. The smallest absolute Gasteiger partial charge is 0.221 e. The van der Waals surface area contributed by atoms with Gasteiger partial charge in [-0.1, -0.05) is 0 Å². The maximum atomic E-state index is 11.4. The van der Waals surface area contributed by atoms with Crippen molar-refractivity contribution in [3.63, 3.8) is 0 Å². The minimum atomic E-state index is 0.101. The molecule has 5 nitrogen and oxygen atoms in total. The molecule has 0 aromatic carbocycles. The van der Waals surface area contributed by atoms with E-state index in [1.165, 1.54) is 0 Å². The third kappa shape index (κ3) is 8.25. The molecule has 0 saturated heterocycles. The highest BCUT2D eigenvalue weighted by atomic mass is 32.1. The average Bonchev–Trinajstić information content (AvgIpc) is 3.12. The number of carbonyl (C=O) groups excluding carboxylic acids is 1. The Hall–Kier alpha value is -0.880. The van der Waals surface area contributed by atoms with Gasteiger partial charge in [0.1, 0.15) is 0 Å². The van der Waals surface area contributed by atoms with E-state index in [1.807, 2.05) is 6.92 Å². The highest BCUT2D eigenvalue weighted by Gasteiger charge is 2.22. The lowest BCUT2D eigenvalue weighted by molar-refractivity contribution is -0.121. The zero-order valence-electron chi connectivity index (χ0n) is 11.0. The Labute approximate surface area is 114 Å². The van der Waals surface area contributed by atoms with Gasteiger partial charge in [0.25, 0.3) is 0 Å². The summed E-state index contributed by atoms with van der Waals surface area (Å²) in [6.45, 7) is 4.84. The van der Waals surface area contributed by atoms with Crippen LogP contribution in [0.4, 0.5) is 0 Å². The van der Waals surface area contributed by atoms with Crippen LogP contribution in [-0.2, 0) is 9.53 Å². The Balaban J connectivity index is 1.87. The summed E-state index contributed by atoms with van der Waals surface area (Å²) in [4.78, 5) is 11.4. The second kappa shape index (κ2) is 9.10.